The van der Waals surface area contributed by atoms with Crippen LogP contribution in [-0.2, 0) is 19.5 Å². The Morgan fingerprint density at radius 3 is 2.43 bits per heavy atom. The van der Waals surface area contributed by atoms with Crippen LogP contribution in [0.5, 0.6) is 0 Å². The Kier molecular flexibility index (Phi) is 6.36. The Morgan fingerprint density at radius 2 is 1.64 bits per heavy atom. The van der Waals surface area contributed by atoms with E-state index in [1.54, 1.807) is 0 Å². The molecule has 0 amide bonds. The van der Waals surface area contributed by atoms with Crippen molar-refractivity contribution in [3.8, 4) is 0 Å². The van der Waals surface area contributed by atoms with Gasteiger partial charge in [0.15, 0.2) is 0 Å². The number of β-amino-alcohol motifs (C(OH)–C–C–N with tert-alkyl or cyclic N) is 1. The molecule has 2 aromatic carbocycles. The monoisotopic (exact) mass is 443 g/mol. The van der Waals surface area contributed by atoms with Crippen LogP contribution >= 0.6 is 15.9 Å². The first-order valence-electron chi connectivity index (χ1n) is 10.4. The van der Waals surface area contributed by atoms with Gasteiger partial charge in [-0.2, -0.15) is 0 Å². The maximum atomic E-state index is 10.8. The van der Waals surface area contributed by atoms with Crippen LogP contribution in [0.15, 0.2) is 46.9 Å². The minimum Gasteiger partial charge on any atom is -0.390 e. The summed E-state index contributed by atoms with van der Waals surface area (Å²) in [6.45, 7) is 9.57. The number of benzene rings is 2. The van der Waals surface area contributed by atoms with Crippen LogP contribution in [0.1, 0.15) is 23.6 Å². The number of rotatable bonds is 5. The predicted octanol–water partition coefficient (Wildman–Crippen LogP) is 3.51. The van der Waals surface area contributed by atoms with Crippen molar-refractivity contribution < 1.29 is 5.11 Å². The molecule has 4 rings (SSSR count). The molecule has 2 aliphatic heterocycles. The summed E-state index contributed by atoms with van der Waals surface area (Å²) in [4.78, 5) is 7.24. The molecule has 4 nitrogen and oxygen atoms in total. The molecule has 2 aromatic rings. The maximum Gasteiger partial charge on any atom is 0.0794 e. The molecule has 2 heterocycles. The summed E-state index contributed by atoms with van der Waals surface area (Å²) in [6, 6.07) is 15.3. The van der Waals surface area contributed by atoms with Crippen LogP contribution in [0.2, 0.25) is 0 Å². The second-order valence-electron chi connectivity index (χ2n) is 8.00. The molecule has 2 aliphatic rings. The van der Waals surface area contributed by atoms with Gasteiger partial charge in [-0.15, -0.1) is 0 Å². The summed E-state index contributed by atoms with van der Waals surface area (Å²) >= 11 is 3.61. The van der Waals surface area contributed by atoms with Crippen LogP contribution in [0, 0.1) is 0 Å². The van der Waals surface area contributed by atoms with Gasteiger partial charge in [-0.05, 0) is 42.2 Å². The summed E-state index contributed by atoms with van der Waals surface area (Å²) in [6.07, 6.45) is 0.762. The SMILES string of the molecule is CCN1CCN(C[C@H](O)CN2CCc3ccccc3C2)Cc2ccc(Br)cc21. The lowest BCUT2D eigenvalue weighted by molar-refractivity contribution is 0.0682. The molecule has 5 heteroatoms. The van der Waals surface area contributed by atoms with E-state index in [4.69, 9.17) is 0 Å². The molecule has 1 N–H and O–H groups in total. The van der Waals surface area contributed by atoms with Crippen LogP contribution in [0.4, 0.5) is 5.69 Å². The Balaban J connectivity index is 1.37. The van der Waals surface area contributed by atoms with E-state index in [2.05, 4.69) is 80.0 Å². The lowest BCUT2D eigenvalue weighted by Gasteiger charge is -2.32. The third-order valence-corrected chi connectivity index (χ3v) is 6.49. The highest BCUT2D eigenvalue weighted by molar-refractivity contribution is 9.10. The van der Waals surface area contributed by atoms with E-state index in [-0.39, 0.29) is 6.10 Å². The lowest BCUT2D eigenvalue weighted by atomic mass is 10.00. The Hall–Kier alpha value is -1.40. The number of nitrogens with zero attached hydrogens (tertiary/aromatic N) is 3. The normalized spacial score (nSPS) is 19.0. The summed E-state index contributed by atoms with van der Waals surface area (Å²) in [7, 11) is 0. The molecule has 0 saturated carbocycles. The second kappa shape index (κ2) is 8.95. The average Bonchev–Trinajstić information content (AvgIpc) is 2.86. The van der Waals surface area contributed by atoms with E-state index in [1.807, 2.05) is 0 Å². The van der Waals surface area contributed by atoms with Crippen molar-refractivity contribution in [1.82, 2.24) is 9.80 Å². The predicted molar refractivity (Wildman–Crippen MR) is 119 cm³/mol. The third-order valence-electron chi connectivity index (χ3n) is 6.00. The van der Waals surface area contributed by atoms with Crippen molar-refractivity contribution in [2.45, 2.75) is 32.5 Å². The van der Waals surface area contributed by atoms with Crippen molar-refractivity contribution >= 4 is 21.6 Å². The Bertz CT molecular complexity index is 812. The zero-order chi connectivity index (χ0) is 19.5. The first-order valence-corrected chi connectivity index (χ1v) is 11.1. The first kappa shape index (κ1) is 19.9. The molecule has 0 radical (unpaired) electrons. The van der Waals surface area contributed by atoms with E-state index in [0.29, 0.717) is 0 Å². The number of hydrogen-bond donors (Lipinski definition) is 1. The fourth-order valence-electron chi connectivity index (χ4n) is 4.52. The average molecular weight is 444 g/mol. The fourth-order valence-corrected chi connectivity index (χ4v) is 4.86. The molecule has 0 bridgehead atoms. The summed E-state index contributed by atoms with van der Waals surface area (Å²) in [5.41, 5.74) is 5.54. The van der Waals surface area contributed by atoms with Crippen LogP contribution in [0.25, 0.3) is 0 Å². The highest BCUT2D eigenvalue weighted by Gasteiger charge is 2.23. The van der Waals surface area contributed by atoms with Crippen molar-refractivity contribution in [1.29, 1.82) is 0 Å². The van der Waals surface area contributed by atoms with E-state index in [1.165, 1.54) is 22.4 Å². The number of anilines is 1. The van der Waals surface area contributed by atoms with Gasteiger partial charge in [0.1, 0.15) is 0 Å². The van der Waals surface area contributed by atoms with Crippen molar-refractivity contribution in [2.75, 3.05) is 44.2 Å². The van der Waals surface area contributed by atoms with E-state index >= 15 is 0 Å². The highest BCUT2D eigenvalue weighted by Crippen LogP contribution is 2.28. The largest absolute Gasteiger partial charge is 0.390 e. The number of hydrogen-bond acceptors (Lipinski definition) is 4. The fraction of sp³-hybridized carbons (Fsp3) is 0.478. The topological polar surface area (TPSA) is 30.0 Å². The maximum absolute atomic E-state index is 10.8. The van der Waals surface area contributed by atoms with Gasteiger partial charge in [-0.25, -0.2) is 0 Å². The summed E-state index contributed by atoms with van der Waals surface area (Å²) < 4.78 is 1.13. The lowest BCUT2D eigenvalue weighted by Crippen LogP contribution is -2.43. The number of aliphatic hydroxyl groups excluding tert-OH is 1. The molecule has 150 valence electrons. The number of fused-ring (bicyclic) bond motifs is 2. The quantitative estimate of drug-likeness (QED) is 0.765. The number of likely N-dealkylation sites (N-methyl/N-ethyl adjacent to an activating group) is 1. The molecule has 28 heavy (non-hydrogen) atoms. The highest BCUT2D eigenvalue weighted by atomic mass is 79.9. The summed E-state index contributed by atoms with van der Waals surface area (Å²) in [5.74, 6) is 0. The molecule has 1 atom stereocenters. The van der Waals surface area contributed by atoms with Crippen LogP contribution in [0.3, 0.4) is 0 Å². The standard InChI is InChI=1S/C23H30BrN3O/c1-2-27-12-11-26(15-20-7-8-21(24)13-23(20)27)17-22(28)16-25-10-9-18-5-3-4-6-19(18)14-25/h3-8,13,22,28H,2,9-12,14-17H2,1H3/t22-/m1/s1. The molecule has 0 aromatic heterocycles. The second-order valence-corrected chi connectivity index (χ2v) is 8.91. The van der Waals surface area contributed by atoms with Gasteiger partial charge in [-0.1, -0.05) is 46.3 Å². The molecule has 0 aliphatic carbocycles. The molecule has 0 fully saturated rings. The van der Waals surface area contributed by atoms with E-state index in [0.717, 1.165) is 63.3 Å². The van der Waals surface area contributed by atoms with Crippen LogP contribution in [-0.4, -0.2) is 60.3 Å². The van der Waals surface area contributed by atoms with Crippen molar-refractivity contribution in [2.24, 2.45) is 0 Å². The van der Waals surface area contributed by atoms with Crippen molar-refractivity contribution in [3.05, 3.63) is 63.6 Å². The van der Waals surface area contributed by atoms with Gasteiger partial charge in [0.25, 0.3) is 0 Å². The van der Waals surface area contributed by atoms with Crippen molar-refractivity contribution in [3.63, 3.8) is 0 Å². The molecular weight excluding hydrogens is 414 g/mol. The van der Waals surface area contributed by atoms with Gasteiger partial charge >= 0.3 is 0 Å². The van der Waals surface area contributed by atoms with Crippen LogP contribution < -0.4 is 4.90 Å². The Morgan fingerprint density at radius 1 is 0.929 bits per heavy atom. The number of halogens is 1. The summed E-state index contributed by atoms with van der Waals surface area (Å²) in [5, 5.41) is 10.8. The molecular formula is C23H30BrN3O. The van der Waals surface area contributed by atoms with E-state index in [9.17, 15) is 5.11 Å². The van der Waals surface area contributed by atoms with Gasteiger partial charge in [-0.3, -0.25) is 9.80 Å². The van der Waals surface area contributed by atoms with Gasteiger partial charge in [0.05, 0.1) is 6.10 Å². The molecule has 0 unspecified atom stereocenters. The first-order chi connectivity index (χ1) is 13.6. The Labute approximate surface area is 176 Å². The van der Waals surface area contributed by atoms with Gasteiger partial charge in [0, 0.05) is 62.5 Å². The minimum absolute atomic E-state index is 0.322. The minimum atomic E-state index is -0.322. The zero-order valence-corrected chi connectivity index (χ0v) is 18.2. The smallest absolute Gasteiger partial charge is 0.0794 e. The molecule has 0 spiro atoms. The van der Waals surface area contributed by atoms with E-state index < -0.39 is 0 Å². The zero-order valence-electron chi connectivity index (χ0n) is 16.6. The van der Waals surface area contributed by atoms with Gasteiger partial charge in [0.2, 0.25) is 0 Å². The number of aliphatic hydroxyl groups is 1. The third kappa shape index (κ3) is 4.60. The molecule has 0 saturated heterocycles. The van der Waals surface area contributed by atoms with Gasteiger partial charge < -0.3 is 10.0 Å².